The van der Waals surface area contributed by atoms with Crippen LogP contribution < -0.4 is 5.32 Å². The Hall–Kier alpha value is -1.26. The molecule has 0 saturated heterocycles. The lowest BCUT2D eigenvalue weighted by Gasteiger charge is -2.27. The van der Waals surface area contributed by atoms with E-state index >= 15 is 0 Å². The Labute approximate surface area is 134 Å². The van der Waals surface area contributed by atoms with Crippen LogP contribution in [0.1, 0.15) is 32.8 Å². The van der Waals surface area contributed by atoms with Crippen LogP contribution in [-0.4, -0.2) is 23.0 Å². The Morgan fingerprint density at radius 1 is 1.29 bits per heavy atom. The zero-order valence-corrected chi connectivity index (χ0v) is 13.8. The fourth-order valence-corrected chi connectivity index (χ4v) is 2.36. The molecule has 0 aliphatic carbocycles. The number of amides is 1. The minimum absolute atomic E-state index is 0.168. The maximum absolute atomic E-state index is 11.9. The van der Waals surface area contributed by atoms with Gasteiger partial charge in [0.2, 0.25) is 5.91 Å². The van der Waals surface area contributed by atoms with Crippen molar-refractivity contribution in [2.45, 2.75) is 39.7 Å². The third-order valence-electron chi connectivity index (χ3n) is 3.05. The van der Waals surface area contributed by atoms with Gasteiger partial charge < -0.3 is 10.4 Å². The zero-order valence-electron chi connectivity index (χ0n) is 12.2. The summed E-state index contributed by atoms with van der Waals surface area (Å²) < 4.78 is 0. The van der Waals surface area contributed by atoms with Crippen LogP contribution in [-0.2, 0) is 16.0 Å². The van der Waals surface area contributed by atoms with Crippen LogP contribution in [0.4, 0.5) is 0 Å². The number of hydrogen-bond donors (Lipinski definition) is 2. The number of carboxylic acid groups (broad SMARTS) is 1. The van der Waals surface area contributed by atoms with Gasteiger partial charge in [0, 0.05) is 16.5 Å². The smallest absolute Gasteiger partial charge is 0.326 e. The van der Waals surface area contributed by atoms with E-state index in [1.54, 1.807) is 39.0 Å². The van der Waals surface area contributed by atoms with Gasteiger partial charge in [0.05, 0.1) is 0 Å². The minimum atomic E-state index is -1.04. The predicted octanol–water partition coefficient (Wildman–Crippen LogP) is 3.54. The van der Waals surface area contributed by atoms with Crippen LogP contribution >= 0.6 is 23.2 Å². The van der Waals surface area contributed by atoms with E-state index < -0.39 is 17.4 Å². The van der Waals surface area contributed by atoms with Crippen LogP contribution in [0.3, 0.4) is 0 Å². The number of aliphatic carboxylic acids is 1. The van der Waals surface area contributed by atoms with Gasteiger partial charge in [0.1, 0.15) is 6.04 Å². The number of nitrogens with one attached hydrogen (secondary N) is 1. The number of carbonyl (C=O) groups excluding carboxylic acids is 1. The average molecular weight is 332 g/mol. The van der Waals surface area contributed by atoms with Gasteiger partial charge in [0.25, 0.3) is 0 Å². The van der Waals surface area contributed by atoms with Gasteiger partial charge in [0.15, 0.2) is 0 Å². The first kappa shape index (κ1) is 17.8. The Kier molecular flexibility index (Phi) is 6.05. The molecule has 0 saturated carbocycles. The molecule has 0 fully saturated rings. The monoisotopic (exact) mass is 331 g/mol. The SMILES string of the molecule is CC(C)(C)C(NC(=O)CCc1ccc(Cl)cc1Cl)C(=O)O. The summed E-state index contributed by atoms with van der Waals surface area (Å²) >= 11 is 11.8. The van der Waals surface area contributed by atoms with Gasteiger partial charge in [-0.3, -0.25) is 4.79 Å². The quantitative estimate of drug-likeness (QED) is 0.867. The number of halogens is 2. The van der Waals surface area contributed by atoms with E-state index in [0.717, 1.165) is 5.56 Å². The molecule has 0 radical (unpaired) electrons. The second-order valence-corrected chi connectivity index (χ2v) is 6.78. The number of aryl methyl sites for hydroxylation is 1. The second-order valence-electron chi connectivity index (χ2n) is 5.94. The Bertz CT molecular complexity index is 538. The first-order valence-corrected chi connectivity index (χ1v) is 7.33. The summed E-state index contributed by atoms with van der Waals surface area (Å²) in [5.41, 5.74) is 0.248. The maximum Gasteiger partial charge on any atom is 0.326 e. The zero-order chi connectivity index (χ0) is 16.2. The highest BCUT2D eigenvalue weighted by Gasteiger charge is 2.32. The third-order valence-corrected chi connectivity index (χ3v) is 3.64. The summed E-state index contributed by atoms with van der Waals surface area (Å²) in [6, 6.07) is 4.16. The summed E-state index contributed by atoms with van der Waals surface area (Å²) in [4.78, 5) is 23.1. The van der Waals surface area contributed by atoms with Gasteiger partial charge >= 0.3 is 5.97 Å². The summed E-state index contributed by atoms with van der Waals surface area (Å²) in [7, 11) is 0. The molecule has 21 heavy (non-hydrogen) atoms. The summed E-state index contributed by atoms with van der Waals surface area (Å²) in [5, 5.41) is 12.8. The number of carboxylic acids is 1. The molecule has 1 amide bonds. The maximum atomic E-state index is 11.9. The molecule has 116 valence electrons. The molecule has 0 spiro atoms. The van der Waals surface area contributed by atoms with Crippen molar-refractivity contribution in [2.24, 2.45) is 5.41 Å². The lowest BCUT2D eigenvalue weighted by molar-refractivity contribution is -0.144. The molecule has 4 nitrogen and oxygen atoms in total. The first-order valence-electron chi connectivity index (χ1n) is 6.57. The van der Waals surface area contributed by atoms with Crippen molar-refractivity contribution in [1.82, 2.24) is 5.32 Å². The summed E-state index contributed by atoms with van der Waals surface area (Å²) in [6.45, 7) is 5.30. The summed E-state index contributed by atoms with van der Waals surface area (Å²) in [6.07, 6.45) is 0.597. The van der Waals surface area contributed by atoms with Crippen molar-refractivity contribution in [1.29, 1.82) is 0 Å². The highest BCUT2D eigenvalue weighted by molar-refractivity contribution is 6.35. The van der Waals surface area contributed by atoms with Crippen LogP contribution in [0.25, 0.3) is 0 Å². The molecule has 1 aromatic rings. The van der Waals surface area contributed by atoms with Crippen LogP contribution in [0.2, 0.25) is 10.0 Å². The second kappa shape index (κ2) is 7.14. The molecular weight excluding hydrogens is 313 g/mol. The highest BCUT2D eigenvalue weighted by Crippen LogP contribution is 2.23. The molecule has 6 heteroatoms. The van der Waals surface area contributed by atoms with Crippen molar-refractivity contribution < 1.29 is 14.7 Å². The molecule has 0 aliphatic rings. The number of benzene rings is 1. The van der Waals surface area contributed by atoms with Gasteiger partial charge in [-0.15, -0.1) is 0 Å². The van der Waals surface area contributed by atoms with Gasteiger partial charge in [-0.2, -0.15) is 0 Å². The van der Waals surface area contributed by atoms with Crippen molar-refractivity contribution in [3.63, 3.8) is 0 Å². The fraction of sp³-hybridized carbons (Fsp3) is 0.467. The van der Waals surface area contributed by atoms with Crippen molar-refractivity contribution in [3.05, 3.63) is 33.8 Å². The molecule has 2 N–H and O–H groups in total. The van der Waals surface area contributed by atoms with Crippen LogP contribution in [0, 0.1) is 5.41 Å². The molecule has 0 bridgehead atoms. The number of hydrogen-bond acceptors (Lipinski definition) is 2. The van der Waals surface area contributed by atoms with E-state index in [1.165, 1.54) is 0 Å². The average Bonchev–Trinajstić information content (AvgIpc) is 2.33. The Morgan fingerprint density at radius 3 is 2.38 bits per heavy atom. The van der Waals surface area contributed by atoms with Crippen LogP contribution in [0.15, 0.2) is 18.2 Å². The predicted molar refractivity (Wildman–Crippen MR) is 83.8 cm³/mol. The molecule has 0 heterocycles. The minimum Gasteiger partial charge on any atom is -0.480 e. The van der Waals surface area contributed by atoms with E-state index in [4.69, 9.17) is 28.3 Å². The van der Waals surface area contributed by atoms with Crippen LogP contribution in [0.5, 0.6) is 0 Å². The van der Waals surface area contributed by atoms with Gasteiger partial charge in [-0.25, -0.2) is 4.79 Å². The highest BCUT2D eigenvalue weighted by atomic mass is 35.5. The van der Waals surface area contributed by atoms with Gasteiger partial charge in [-0.05, 0) is 29.5 Å². The molecule has 1 rings (SSSR count). The topological polar surface area (TPSA) is 66.4 Å². The lowest BCUT2D eigenvalue weighted by Crippen LogP contribution is -2.49. The molecule has 0 aliphatic heterocycles. The number of rotatable bonds is 5. The van der Waals surface area contributed by atoms with E-state index in [2.05, 4.69) is 5.32 Å². The molecule has 1 aromatic carbocycles. The van der Waals surface area contributed by atoms with Crippen molar-refractivity contribution in [2.75, 3.05) is 0 Å². The normalized spacial score (nSPS) is 12.8. The van der Waals surface area contributed by atoms with E-state index in [0.29, 0.717) is 16.5 Å². The fourth-order valence-electron chi connectivity index (χ4n) is 1.85. The van der Waals surface area contributed by atoms with E-state index in [1.807, 2.05) is 0 Å². The summed E-state index contributed by atoms with van der Waals surface area (Å²) in [5.74, 6) is -1.36. The van der Waals surface area contributed by atoms with Crippen molar-refractivity contribution >= 4 is 35.1 Å². The Morgan fingerprint density at radius 2 is 1.90 bits per heavy atom. The molecular formula is C15H19Cl2NO3. The molecule has 0 aromatic heterocycles. The lowest BCUT2D eigenvalue weighted by atomic mass is 9.86. The van der Waals surface area contributed by atoms with Gasteiger partial charge in [-0.1, -0.05) is 50.0 Å². The largest absolute Gasteiger partial charge is 0.480 e. The first-order chi connectivity index (χ1) is 9.61. The third kappa shape index (κ3) is 5.56. The molecule has 1 unspecified atom stereocenters. The Balaban J connectivity index is 2.63. The molecule has 1 atom stereocenters. The number of carbonyl (C=O) groups is 2. The van der Waals surface area contributed by atoms with E-state index in [-0.39, 0.29) is 12.3 Å². The standard InChI is InChI=1S/C15H19Cl2NO3/c1-15(2,3)13(14(20)21)18-12(19)7-5-9-4-6-10(16)8-11(9)17/h4,6,8,13H,5,7H2,1-3H3,(H,18,19)(H,20,21). The van der Waals surface area contributed by atoms with E-state index in [9.17, 15) is 9.59 Å². The van der Waals surface area contributed by atoms with Crippen molar-refractivity contribution in [3.8, 4) is 0 Å².